The highest BCUT2D eigenvalue weighted by Crippen LogP contribution is 2.48. The average molecular weight is 252 g/mol. The van der Waals surface area contributed by atoms with Crippen LogP contribution in [-0.4, -0.2) is 19.5 Å². The van der Waals surface area contributed by atoms with Crippen LogP contribution in [0.5, 0.6) is 11.5 Å². The Kier molecular flexibility index (Phi) is 3.30. The van der Waals surface area contributed by atoms with Gasteiger partial charge in [-0.1, -0.05) is 20.8 Å². The quantitative estimate of drug-likeness (QED) is 0.796. The molecule has 2 rings (SSSR count). The van der Waals surface area contributed by atoms with E-state index >= 15 is 0 Å². The van der Waals surface area contributed by atoms with Gasteiger partial charge >= 0.3 is 0 Å². The summed E-state index contributed by atoms with van der Waals surface area (Å²) in [7, 11) is 3.38. The molecule has 0 N–H and O–H groups in total. The molecule has 1 aliphatic heterocycles. The van der Waals surface area contributed by atoms with Crippen LogP contribution in [0, 0.1) is 0 Å². The van der Waals surface area contributed by atoms with Crippen molar-refractivity contribution in [2.24, 2.45) is 0 Å². The van der Waals surface area contributed by atoms with Crippen molar-refractivity contribution in [1.29, 1.82) is 0 Å². The van der Waals surface area contributed by atoms with E-state index in [2.05, 4.69) is 32.9 Å². The highest BCUT2D eigenvalue weighted by Gasteiger charge is 2.32. The lowest BCUT2D eigenvalue weighted by Gasteiger charge is -2.36. The van der Waals surface area contributed by atoms with Gasteiger partial charge in [0, 0.05) is 10.1 Å². The molecule has 1 aliphatic rings. The Hall–Kier alpha value is -0.830. The molecule has 0 spiro atoms. The van der Waals surface area contributed by atoms with Crippen molar-refractivity contribution in [3.63, 3.8) is 0 Å². The first kappa shape index (κ1) is 12.6. The van der Waals surface area contributed by atoms with E-state index in [1.165, 1.54) is 16.9 Å². The van der Waals surface area contributed by atoms with Gasteiger partial charge in [-0.15, -0.1) is 11.8 Å². The molecule has 1 atom stereocenters. The molecule has 0 fully saturated rings. The van der Waals surface area contributed by atoms with Crippen molar-refractivity contribution in [2.45, 2.75) is 42.8 Å². The van der Waals surface area contributed by atoms with Gasteiger partial charge in [0.05, 0.1) is 14.2 Å². The fourth-order valence-electron chi connectivity index (χ4n) is 2.57. The minimum atomic E-state index is 0.208. The number of thioether (sulfide) groups is 1. The second-order valence-corrected chi connectivity index (χ2v) is 6.70. The maximum atomic E-state index is 5.39. The van der Waals surface area contributed by atoms with E-state index in [4.69, 9.17) is 9.47 Å². The number of ether oxygens (including phenoxy) is 2. The van der Waals surface area contributed by atoms with Crippen LogP contribution in [0.25, 0.3) is 0 Å². The minimum Gasteiger partial charge on any atom is -0.493 e. The largest absolute Gasteiger partial charge is 0.493 e. The van der Waals surface area contributed by atoms with Crippen LogP contribution < -0.4 is 9.47 Å². The number of fused-ring (bicyclic) bond motifs is 1. The summed E-state index contributed by atoms with van der Waals surface area (Å²) in [5.41, 5.74) is 1.58. The van der Waals surface area contributed by atoms with E-state index in [1.807, 2.05) is 11.8 Å². The van der Waals surface area contributed by atoms with E-state index in [9.17, 15) is 0 Å². The fraction of sp³-hybridized carbons (Fsp3) is 0.571. The van der Waals surface area contributed by atoms with Crippen molar-refractivity contribution in [2.75, 3.05) is 14.2 Å². The Balaban J connectivity index is 2.55. The minimum absolute atomic E-state index is 0.208. The molecule has 0 saturated carbocycles. The number of hydrogen-bond donors (Lipinski definition) is 0. The number of hydrogen-bond acceptors (Lipinski definition) is 3. The monoisotopic (exact) mass is 252 g/mol. The van der Waals surface area contributed by atoms with Crippen LogP contribution in [-0.2, 0) is 5.41 Å². The summed E-state index contributed by atoms with van der Waals surface area (Å²) in [4.78, 5) is 1.33. The molecular weight excluding hydrogens is 232 g/mol. The van der Waals surface area contributed by atoms with Gasteiger partial charge < -0.3 is 9.47 Å². The standard InChI is InChI=1S/C14H20O2S/c1-9-8-14(2,3)10-6-11(15-4)12(16-5)7-13(10)17-9/h6-7,9H,8H2,1-5H3. The van der Waals surface area contributed by atoms with Crippen molar-refractivity contribution >= 4 is 11.8 Å². The predicted molar refractivity (Wildman–Crippen MR) is 72.5 cm³/mol. The van der Waals surface area contributed by atoms with Crippen LogP contribution >= 0.6 is 11.8 Å². The van der Waals surface area contributed by atoms with Crippen LogP contribution in [0.15, 0.2) is 17.0 Å². The van der Waals surface area contributed by atoms with E-state index in [0.29, 0.717) is 5.25 Å². The van der Waals surface area contributed by atoms with Crippen LogP contribution in [0.1, 0.15) is 32.8 Å². The lowest BCUT2D eigenvalue weighted by Crippen LogP contribution is -2.26. The van der Waals surface area contributed by atoms with Crippen LogP contribution in [0.3, 0.4) is 0 Å². The molecular formula is C14H20O2S. The average Bonchev–Trinajstić information content (AvgIpc) is 2.26. The van der Waals surface area contributed by atoms with Gasteiger partial charge in [-0.2, -0.15) is 0 Å². The van der Waals surface area contributed by atoms with E-state index in [-0.39, 0.29) is 5.41 Å². The predicted octanol–water partition coefficient (Wildman–Crippen LogP) is 3.87. The molecule has 0 aromatic heterocycles. The Morgan fingerprint density at radius 3 is 2.35 bits per heavy atom. The van der Waals surface area contributed by atoms with Crippen molar-refractivity contribution in [3.8, 4) is 11.5 Å². The molecule has 1 aromatic carbocycles. The van der Waals surface area contributed by atoms with Gasteiger partial charge in [-0.05, 0) is 29.5 Å². The summed E-state index contributed by atoms with van der Waals surface area (Å²) in [5, 5.41) is 0.649. The Labute approximate surface area is 108 Å². The Morgan fingerprint density at radius 2 is 1.76 bits per heavy atom. The summed E-state index contributed by atoms with van der Waals surface area (Å²) < 4.78 is 10.8. The second kappa shape index (κ2) is 4.45. The van der Waals surface area contributed by atoms with Gasteiger partial charge in [0.25, 0.3) is 0 Å². The molecule has 1 aromatic rings. The van der Waals surface area contributed by atoms with Gasteiger partial charge in [0.2, 0.25) is 0 Å². The van der Waals surface area contributed by atoms with Crippen LogP contribution in [0.4, 0.5) is 0 Å². The maximum absolute atomic E-state index is 5.39. The first-order chi connectivity index (χ1) is 7.97. The zero-order valence-electron chi connectivity index (χ0n) is 11.2. The molecule has 2 nitrogen and oxygen atoms in total. The molecule has 0 bridgehead atoms. The van der Waals surface area contributed by atoms with Crippen molar-refractivity contribution < 1.29 is 9.47 Å². The molecule has 0 aliphatic carbocycles. The molecule has 1 unspecified atom stereocenters. The first-order valence-electron chi connectivity index (χ1n) is 5.91. The molecule has 0 radical (unpaired) electrons. The van der Waals surface area contributed by atoms with Crippen molar-refractivity contribution in [3.05, 3.63) is 17.7 Å². The smallest absolute Gasteiger partial charge is 0.161 e. The Bertz CT molecular complexity index is 426. The fourth-order valence-corrected chi connectivity index (χ4v) is 4.14. The SMILES string of the molecule is COc1cc2c(cc1OC)C(C)(C)CC(C)S2. The van der Waals surface area contributed by atoms with Gasteiger partial charge in [-0.3, -0.25) is 0 Å². The zero-order valence-corrected chi connectivity index (χ0v) is 12.0. The Morgan fingerprint density at radius 1 is 1.18 bits per heavy atom. The molecule has 3 heteroatoms. The number of rotatable bonds is 2. The lowest BCUT2D eigenvalue weighted by molar-refractivity contribution is 0.350. The number of benzene rings is 1. The van der Waals surface area contributed by atoms with E-state index < -0.39 is 0 Å². The first-order valence-corrected chi connectivity index (χ1v) is 6.79. The third-order valence-electron chi connectivity index (χ3n) is 3.34. The van der Waals surface area contributed by atoms with Gasteiger partial charge in [-0.25, -0.2) is 0 Å². The molecule has 17 heavy (non-hydrogen) atoms. The summed E-state index contributed by atoms with van der Waals surface area (Å²) in [6.07, 6.45) is 1.19. The van der Waals surface area contributed by atoms with E-state index in [0.717, 1.165) is 11.5 Å². The normalized spacial score (nSPS) is 21.8. The topological polar surface area (TPSA) is 18.5 Å². The number of methoxy groups -OCH3 is 2. The highest BCUT2D eigenvalue weighted by molar-refractivity contribution is 8.00. The zero-order chi connectivity index (χ0) is 12.6. The van der Waals surface area contributed by atoms with E-state index in [1.54, 1.807) is 14.2 Å². The molecule has 0 saturated heterocycles. The van der Waals surface area contributed by atoms with Crippen molar-refractivity contribution in [1.82, 2.24) is 0 Å². The lowest BCUT2D eigenvalue weighted by atomic mass is 9.80. The third kappa shape index (κ3) is 2.25. The third-order valence-corrected chi connectivity index (χ3v) is 4.50. The summed E-state index contributed by atoms with van der Waals surface area (Å²) in [6, 6.07) is 4.24. The molecule has 94 valence electrons. The maximum Gasteiger partial charge on any atom is 0.161 e. The highest BCUT2D eigenvalue weighted by atomic mass is 32.2. The van der Waals surface area contributed by atoms with Gasteiger partial charge in [0.1, 0.15) is 0 Å². The summed E-state index contributed by atoms with van der Waals surface area (Å²) in [5.74, 6) is 1.65. The summed E-state index contributed by atoms with van der Waals surface area (Å²) >= 11 is 1.93. The van der Waals surface area contributed by atoms with Gasteiger partial charge in [0.15, 0.2) is 11.5 Å². The molecule has 0 amide bonds. The second-order valence-electron chi connectivity index (χ2n) is 5.22. The summed E-state index contributed by atoms with van der Waals surface area (Å²) in [6.45, 7) is 6.88. The van der Waals surface area contributed by atoms with Crippen LogP contribution in [0.2, 0.25) is 0 Å². The molecule has 1 heterocycles.